The molecule has 24 heavy (non-hydrogen) atoms. The van der Waals surface area contributed by atoms with Gasteiger partial charge in [0.2, 0.25) is 0 Å². The molecule has 7 nitrogen and oxygen atoms in total. The highest BCUT2D eigenvalue weighted by molar-refractivity contribution is 5.98. The molecule has 2 rings (SSSR count). The largest absolute Gasteiger partial charge is 0.481 e. The minimum Gasteiger partial charge on any atom is -0.481 e. The molecule has 0 bridgehead atoms. The van der Waals surface area contributed by atoms with E-state index in [1.807, 2.05) is 0 Å². The molecule has 1 aromatic carbocycles. The monoisotopic (exact) mass is 337 g/mol. The number of amides is 3. The maximum Gasteiger partial charge on any atom is 0.321 e. The smallest absolute Gasteiger partial charge is 0.321 e. The van der Waals surface area contributed by atoms with Crippen LogP contribution in [-0.4, -0.2) is 42.6 Å². The Kier molecular flexibility index (Phi) is 6.11. The van der Waals surface area contributed by atoms with Gasteiger partial charge in [0.15, 0.2) is 0 Å². The predicted octanol–water partition coefficient (Wildman–Crippen LogP) is 1.73. The van der Waals surface area contributed by atoms with Gasteiger partial charge < -0.3 is 15.7 Å². The fraction of sp³-hybridized carbons (Fsp3) is 0.438. The van der Waals surface area contributed by atoms with Crippen LogP contribution in [0.5, 0.6) is 0 Å². The normalized spacial score (nSPS) is 13.7. The molecule has 1 heterocycles. The van der Waals surface area contributed by atoms with Crippen LogP contribution in [0.15, 0.2) is 18.2 Å². The summed E-state index contributed by atoms with van der Waals surface area (Å²) in [6, 6.07) is 3.72. The number of nitrogens with one attached hydrogen (secondary N) is 2. The Bertz CT molecular complexity index is 636. The van der Waals surface area contributed by atoms with E-state index in [9.17, 15) is 18.8 Å². The van der Waals surface area contributed by atoms with Crippen molar-refractivity contribution >= 4 is 23.6 Å². The molecule has 0 spiro atoms. The molecule has 3 amide bonds. The maximum absolute atomic E-state index is 13.9. The lowest BCUT2D eigenvalue weighted by Gasteiger charge is -2.15. The van der Waals surface area contributed by atoms with Crippen molar-refractivity contribution in [3.63, 3.8) is 0 Å². The second-order valence-corrected chi connectivity index (χ2v) is 5.51. The van der Waals surface area contributed by atoms with Gasteiger partial charge in [0.1, 0.15) is 5.82 Å². The standard InChI is InChI=1S/C16H20FN3O4/c17-13-6-5-11(20-9-8-19-16(20)24)10-12(13)15(23)18-7-3-1-2-4-14(21)22/h5-6,10H,1-4,7-9H2,(H,18,23)(H,19,24)(H,21,22). The van der Waals surface area contributed by atoms with Crippen molar-refractivity contribution in [2.45, 2.75) is 25.7 Å². The highest BCUT2D eigenvalue weighted by Gasteiger charge is 2.23. The first-order valence-electron chi connectivity index (χ1n) is 7.84. The van der Waals surface area contributed by atoms with Crippen molar-refractivity contribution < 1.29 is 23.9 Å². The summed E-state index contributed by atoms with van der Waals surface area (Å²) in [5, 5.41) is 13.8. The van der Waals surface area contributed by atoms with Crippen LogP contribution in [0.1, 0.15) is 36.0 Å². The number of carbonyl (C=O) groups excluding carboxylic acids is 2. The van der Waals surface area contributed by atoms with Gasteiger partial charge in [-0.1, -0.05) is 6.42 Å². The highest BCUT2D eigenvalue weighted by atomic mass is 19.1. The molecule has 1 aliphatic rings. The Labute approximate surface area is 138 Å². The van der Waals surface area contributed by atoms with Crippen LogP contribution in [0.3, 0.4) is 0 Å². The zero-order chi connectivity index (χ0) is 17.5. The molecule has 8 heteroatoms. The summed E-state index contributed by atoms with van der Waals surface area (Å²) in [4.78, 5) is 35.6. The van der Waals surface area contributed by atoms with Crippen molar-refractivity contribution in [1.29, 1.82) is 0 Å². The minimum atomic E-state index is -0.844. The number of urea groups is 1. The number of benzene rings is 1. The van der Waals surface area contributed by atoms with Crippen LogP contribution >= 0.6 is 0 Å². The number of carboxylic acids is 1. The lowest BCUT2D eigenvalue weighted by atomic mass is 10.1. The van der Waals surface area contributed by atoms with Crippen molar-refractivity contribution in [3.05, 3.63) is 29.6 Å². The van der Waals surface area contributed by atoms with Crippen molar-refractivity contribution in [3.8, 4) is 0 Å². The van der Waals surface area contributed by atoms with Crippen molar-refractivity contribution in [2.24, 2.45) is 0 Å². The quantitative estimate of drug-likeness (QED) is 0.629. The number of unbranched alkanes of at least 4 members (excludes halogenated alkanes) is 2. The third-order valence-corrected chi connectivity index (χ3v) is 3.72. The van der Waals surface area contributed by atoms with Gasteiger partial charge in [-0.2, -0.15) is 0 Å². The molecular weight excluding hydrogens is 317 g/mol. The van der Waals surface area contributed by atoms with Crippen LogP contribution < -0.4 is 15.5 Å². The van der Waals surface area contributed by atoms with Gasteiger partial charge in [0.25, 0.3) is 5.91 Å². The first-order chi connectivity index (χ1) is 11.5. The SMILES string of the molecule is O=C(O)CCCCCNC(=O)c1cc(N2CCNC2=O)ccc1F. The molecule has 0 aliphatic carbocycles. The first kappa shape index (κ1) is 17.7. The first-order valence-corrected chi connectivity index (χ1v) is 7.84. The van der Waals surface area contributed by atoms with Gasteiger partial charge >= 0.3 is 12.0 Å². The molecule has 3 N–H and O–H groups in total. The lowest BCUT2D eigenvalue weighted by Crippen LogP contribution is -2.29. The number of hydrogen-bond donors (Lipinski definition) is 3. The van der Waals surface area contributed by atoms with E-state index in [0.29, 0.717) is 44.6 Å². The Hall–Kier alpha value is -2.64. The molecule has 0 atom stereocenters. The third kappa shape index (κ3) is 4.68. The Morgan fingerprint density at radius 2 is 2.08 bits per heavy atom. The predicted molar refractivity (Wildman–Crippen MR) is 85.6 cm³/mol. The van der Waals surface area contributed by atoms with E-state index in [1.165, 1.54) is 23.1 Å². The summed E-state index contributed by atoms with van der Waals surface area (Å²) in [5.41, 5.74) is 0.357. The van der Waals surface area contributed by atoms with Crippen LogP contribution in [0.2, 0.25) is 0 Å². The number of anilines is 1. The zero-order valence-electron chi connectivity index (χ0n) is 13.2. The van der Waals surface area contributed by atoms with Gasteiger partial charge in [-0.05, 0) is 31.0 Å². The molecule has 0 saturated carbocycles. The highest BCUT2D eigenvalue weighted by Crippen LogP contribution is 2.20. The Morgan fingerprint density at radius 1 is 1.29 bits per heavy atom. The molecule has 130 valence electrons. The third-order valence-electron chi connectivity index (χ3n) is 3.72. The second kappa shape index (κ2) is 8.28. The average molecular weight is 337 g/mol. The van der Waals surface area contributed by atoms with E-state index in [1.54, 1.807) is 0 Å². The summed E-state index contributed by atoms with van der Waals surface area (Å²) in [7, 11) is 0. The van der Waals surface area contributed by atoms with Gasteiger partial charge in [0.05, 0.1) is 5.56 Å². The van der Waals surface area contributed by atoms with Crippen molar-refractivity contribution in [1.82, 2.24) is 10.6 Å². The molecule has 0 aromatic heterocycles. The summed E-state index contributed by atoms with van der Waals surface area (Å²) in [6.07, 6.45) is 1.93. The van der Waals surface area contributed by atoms with E-state index in [-0.39, 0.29) is 18.0 Å². The van der Waals surface area contributed by atoms with Crippen molar-refractivity contribution in [2.75, 3.05) is 24.5 Å². The fourth-order valence-electron chi connectivity index (χ4n) is 2.45. The molecule has 1 aliphatic heterocycles. The maximum atomic E-state index is 13.9. The van der Waals surface area contributed by atoms with Gasteiger partial charge in [-0.3, -0.25) is 14.5 Å². The number of halogens is 1. The number of carbonyl (C=O) groups is 3. The molecule has 1 aromatic rings. The van der Waals surface area contributed by atoms with E-state index >= 15 is 0 Å². The number of nitrogens with zero attached hydrogens (tertiary/aromatic N) is 1. The molecule has 0 unspecified atom stereocenters. The molecule has 1 fully saturated rings. The zero-order valence-corrected chi connectivity index (χ0v) is 13.2. The topological polar surface area (TPSA) is 98.7 Å². The van der Waals surface area contributed by atoms with Crippen LogP contribution in [0.25, 0.3) is 0 Å². The number of aliphatic carboxylic acids is 1. The van der Waals surface area contributed by atoms with Crippen LogP contribution in [0.4, 0.5) is 14.9 Å². The minimum absolute atomic E-state index is 0.0997. The Morgan fingerprint density at radius 3 is 2.75 bits per heavy atom. The molecular formula is C16H20FN3O4. The molecule has 1 saturated heterocycles. The van der Waals surface area contributed by atoms with Gasteiger partial charge in [-0.15, -0.1) is 0 Å². The van der Waals surface area contributed by atoms with E-state index < -0.39 is 17.7 Å². The van der Waals surface area contributed by atoms with E-state index in [2.05, 4.69) is 10.6 Å². The van der Waals surface area contributed by atoms with E-state index in [0.717, 1.165) is 0 Å². The van der Waals surface area contributed by atoms with E-state index in [4.69, 9.17) is 5.11 Å². The average Bonchev–Trinajstić information content (AvgIpc) is 2.97. The van der Waals surface area contributed by atoms with Crippen LogP contribution in [-0.2, 0) is 4.79 Å². The summed E-state index contributed by atoms with van der Waals surface area (Å²) >= 11 is 0. The lowest BCUT2D eigenvalue weighted by molar-refractivity contribution is -0.137. The number of rotatable bonds is 8. The number of hydrogen-bond acceptors (Lipinski definition) is 3. The van der Waals surface area contributed by atoms with Gasteiger partial charge in [0, 0.05) is 31.7 Å². The summed E-state index contributed by atoms with van der Waals surface area (Å²) in [5.74, 6) is -2.04. The van der Waals surface area contributed by atoms with Gasteiger partial charge in [-0.25, -0.2) is 9.18 Å². The fourth-order valence-corrected chi connectivity index (χ4v) is 2.45. The number of carboxylic acid groups (broad SMARTS) is 1. The second-order valence-electron chi connectivity index (χ2n) is 5.51. The Balaban J connectivity index is 1.89. The molecule has 0 radical (unpaired) electrons. The summed E-state index contributed by atoms with van der Waals surface area (Å²) in [6.45, 7) is 1.31. The summed E-state index contributed by atoms with van der Waals surface area (Å²) < 4.78 is 13.9. The van der Waals surface area contributed by atoms with Crippen LogP contribution in [0, 0.1) is 5.82 Å².